The van der Waals surface area contributed by atoms with Gasteiger partial charge in [0.25, 0.3) is 0 Å². The summed E-state index contributed by atoms with van der Waals surface area (Å²) in [5.74, 6) is 6.26. The molecular formula is C27H25N3O3. The van der Waals surface area contributed by atoms with Gasteiger partial charge >= 0.3 is 0 Å². The quantitative estimate of drug-likeness (QED) is 0.616. The van der Waals surface area contributed by atoms with Gasteiger partial charge in [-0.1, -0.05) is 31.8 Å². The molecule has 1 aliphatic carbocycles. The number of hydrogen-bond donors (Lipinski definition) is 1. The second-order valence-electron chi connectivity index (χ2n) is 8.95. The first-order valence-corrected chi connectivity index (χ1v) is 11.1. The van der Waals surface area contributed by atoms with Crippen molar-refractivity contribution in [3.8, 4) is 17.9 Å². The molecule has 1 fully saturated rings. The van der Waals surface area contributed by atoms with Gasteiger partial charge in [-0.15, -0.1) is 0 Å². The molecule has 0 saturated carbocycles. The van der Waals surface area contributed by atoms with Crippen molar-refractivity contribution >= 4 is 22.4 Å². The number of ether oxygens (including phenoxy) is 2. The maximum absolute atomic E-state index is 13.8. The number of aromatic amines is 1. The summed E-state index contributed by atoms with van der Waals surface area (Å²) in [6.45, 7) is 7.48. The van der Waals surface area contributed by atoms with Crippen LogP contribution in [-0.2, 0) is 14.9 Å². The van der Waals surface area contributed by atoms with Crippen molar-refractivity contribution in [2.45, 2.75) is 19.3 Å². The number of nitrogens with zero attached hydrogens (tertiary/aromatic N) is 2. The zero-order chi connectivity index (χ0) is 23.2. The van der Waals surface area contributed by atoms with E-state index in [0.29, 0.717) is 36.5 Å². The molecule has 5 rings (SSSR count). The number of anilines is 1. The zero-order valence-electron chi connectivity index (χ0n) is 19.0. The molecule has 0 radical (unpaired) electrons. The lowest BCUT2D eigenvalue weighted by atomic mass is 9.70. The fourth-order valence-electron chi connectivity index (χ4n) is 4.90. The number of H-pyrrole nitrogens is 1. The highest BCUT2D eigenvalue weighted by atomic mass is 16.5. The predicted molar refractivity (Wildman–Crippen MR) is 127 cm³/mol. The van der Waals surface area contributed by atoms with Crippen LogP contribution in [0.15, 0.2) is 30.3 Å². The fourth-order valence-corrected chi connectivity index (χ4v) is 4.90. The Morgan fingerprint density at radius 1 is 1.21 bits per heavy atom. The normalized spacial score (nSPS) is 16.5. The minimum absolute atomic E-state index is 0.0152. The Hall–Kier alpha value is -3.58. The molecule has 0 spiro atoms. The largest absolute Gasteiger partial charge is 0.378 e. The van der Waals surface area contributed by atoms with Crippen LogP contribution in [-0.4, -0.2) is 50.8 Å². The van der Waals surface area contributed by atoms with Crippen LogP contribution in [0.4, 0.5) is 5.69 Å². The molecule has 1 aliphatic heterocycles. The maximum Gasteiger partial charge on any atom is 0.195 e. The van der Waals surface area contributed by atoms with Gasteiger partial charge in [0.05, 0.1) is 36.1 Å². The van der Waals surface area contributed by atoms with E-state index in [1.807, 2.05) is 18.2 Å². The number of nitrogens with one attached hydrogen (secondary N) is 1. The van der Waals surface area contributed by atoms with E-state index < -0.39 is 5.41 Å². The number of carbonyl (C=O) groups is 1. The number of aromatic nitrogens is 1. The van der Waals surface area contributed by atoms with Crippen molar-refractivity contribution < 1.29 is 14.3 Å². The van der Waals surface area contributed by atoms with Crippen molar-refractivity contribution in [2.24, 2.45) is 0 Å². The van der Waals surface area contributed by atoms with Gasteiger partial charge in [-0.3, -0.25) is 4.79 Å². The number of hydrogen-bond acceptors (Lipinski definition) is 5. The van der Waals surface area contributed by atoms with Gasteiger partial charge in [0.1, 0.15) is 6.61 Å². The Bertz CT molecular complexity index is 1380. The van der Waals surface area contributed by atoms with Crippen LogP contribution < -0.4 is 4.90 Å². The summed E-state index contributed by atoms with van der Waals surface area (Å²) < 4.78 is 10.7. The van der Waals surface area contributed by atoms with Gasteiger partial charge in [0.2, 0.25) is 0 Å². The van der Waals surface area contributed by atoms with Crippen LogP contribution in [0.5, 0.6) is 0 Å². The van der Waals surface area contributed by atoms with E-state index >= 15 is 0 Å². The third kappa shape index (κ3) is 3.40. The lowest BCUT2D eigenvalue weighted by molar-refractivity contribution is 0.103. The topological polar surface area (TPSA) is 78.3 Å². The molecule has 1 saturated heterocycles. The zero-order valence-corrected chi connectivity index (χ0v) is 19.0. The second-order valence-corrected chi connectivity index (χ2v) is 8.95. The van der Waals surface area contributed by atoms with Crippen LogP contribution in [0.1, 0.15) is 52.2 Å². The summed E-state index contributed by atoms with van der Waals surface area (Å²) in [5.41, 5.74) is 6.01. The highest BCUT2D eigenvalue weighted by Crippen LogP contribution is 2.45. The van der Waals surface area contributed by atoms with Gasteiger partial charge in [-0.05, 0) is 29.8 Å². The number of nitriles is 1. The summed E-state index contributed by atoms with van der Waals surface area (Å²) in [7, 11) is 1.62. The number of benzene rings is 2. The molecule has 2 aliphatic rings. The maximum atomic E-state index is 13.8. The van der Waals surface area contributed by atoms with Crippen molar-refractivity contribution in [3.63, 3.8) is 0 Å². The van der Waals surface area contributed by atoms with Crippen LogP contribution in [0.2, 0.25) is 0 Å². The molecule has 33 heavy (non-hydrogen) atoms. The summed E-state index contributed by atoms with van der Waals surface area (Å²) in [5, 5.41) is 10.1. The summed E-state index contributed by atoms with van der Waals surface area (Å²) >= 11 is 0. The lowest BCUT2D eigenvalue weighted by Gasteiger charge is -2.35. The SMILES string of the molecule is COCC#Cc1cc2c(cc1N1CCOCC1)C(C)(C)c1[nH]c3cc(C#N)ccc3c1C2=O. The van der Waals surface area contributed by atoms with E-state index in [9.17, 15) is 10.1 Å². The molecule has 0 unspecified atom stereocenters. The first-order valence-electron chi connectivity index (χ1n) is 11.1. The number of carbonyl (C=O) groups excluding carboxylic acids is 1. The van der Waals surface area contributed by atoms with Crippen LogP contribution >= 0.6 is 0 Å². The van der Waals surface area contributed by atoms with E-state index in [0.717, 1.165) is 46.5 Å². The predicted octanol–water partition coefficient (Wildman–Crippen LogP) is 3.74. The van der Waals surface area contributed by atoms with E-state index in [-0.39, 0.29) is 5.78 Å². The van der Waals surface area contributed by atoms with Crippen LogP contribution in [0.25, 0.3) is 10.9 Å². The van der Waals surface area contributed by atoms with Crippen molar-refractivity contribution in [2.75, 3.05) is 44.9 Å². The Morgan fingerprint density at radius 3 is 2.73 bits per heavy atom. The Balaban J connectivity index is 1.73. The van der Waals surface area contributed by atoms with Crippen molar-refractivity contribution in [3.05, 3.63) is 63.8 Å². The van der Waals surface area contributed by atoms with Gasteiger partial charge < -0.3 is 19.4 Å². The Labute approximate surface area is 193 Å². The van der Waals surface area contributed by atoms with Gasteiger partial charge in [0, 0.05) is 53.3 Å². The average molecular weight is 440 g/mol. The highest BCUT2D eigenvalue weighted by Gasteiger charge is 2.40. The number of morpholine rings is 1. The standard InChI is InChI=1S/C27H25N3O3/c1-27(2)21-15-23(30-8-11-33-12-9-30)18(5-4-10-32-3)14-20(21)25(31)24-19-7-6-17(16-28)13-22(19)29-26(24)27/h6-7,13-15,29H,8-12H2,1-3H3. The fraction of sp³-hybridized carbons (Fsp3) is 0.333. The van der Waals surface area contributed by atoms with E-state index in [4.69, 9.17) is 9.47 Å². The minimum Gasteiger partial charge on any atom is -0.378 e. The highest BCUT2D eigenvalue weighted by molar-refractivity contribution is 6.20. The number of methoxy groups -OCH3 is 1. The van der Waals surface area contributed by atoms with E-state index in [1.165, 1.54) is 0 Å². The molecule has 2 heterocycles. The lowest BCUT2D eigenvalue weighted by Crippen LogP contribution is -2.37. The Kier molecular flexibility index (Phi) is 5.21. The second kappa shape index (κ2) is 8.08. The molecule has 3 aromatic rings. The number of fused-ring (bicyclic) bond motifs is 4. The van der Waals surface area contributed by atoms with Gasteiger partial charge in [-0.25, -0.2) is 0 Å². The molecular weight excluding hydrogens is 414 g/mol. The Morgan fingerprint density at radius 2 is 2.00 bits per heavy atom. The number of rotatable bonds is 2. The molecule has 1 N–H and O–H groups in total. The van der Waals surface area contributed by atoms with Crippen molar-refractivity contribution in [1.82, 2.24) is 4.98 Å². The molecule has 166 valence electrons. The molecule has 0 bridgehead atoms. The third-order valence-corrected chi connectivity index (χ3v) is 6.62. The molecule has 6 nitrogen and oxygen atoms in total. The summed E-state index contributed by atoms with van der Waals surface area (Å²) in [6.07, 6.45) is 0. The van der Waals surface area contributed by atoms with Gasteiger partial charge in [-0.2, -0.15) is 5.26 Å². The van der Waals surface area contributed by atoms with Crippen molar-refractivity contribution in [1.29, 1.82) is 5.26 Å². The van der Waals surface area contributed by atoms with E-state index in [2.05, 4.69) is 47.7 Å². The van der Waals surface area contributed by atoms with Gasteiger partial charge in [0.15, 0.2) is 5.78 Å². The third-order valence-electron chi connectivity index (χ3n) is 6.62. The average Bonchev–Trinajstić information content (AvgIpc) is 3.23. The van der Waals surface area contributed by atoms with Crippen LogP contribution in [0.3, 0.4) is 0 Å². The van der Waals surface area contributed by atoms with Crippen LogP contribution in [0, 0.1) is 23.2 Å². The molecule has 6 heteroatoms. The molecule has 2 aromatic carbocycles. The van der Waals surface area contributed by atoms with E-state index in [1.54, 1.807) is 13.2 Å². The first-order chi connectivity index (χ1) is 16.0. The molecule has 0 atom stereocenters. The smallest absolute Gasteiger partial charge is 0.195 e. The number of ketones is 1. The minimum atomic E-state index is -0.427. The summed E-state index contributed by atoms with van der Waals surface area (Å²) in [6, 6.07) is 11.7. The first kappa shape index (κ1) is 21.3. The molecule has 0 amide bonds. The monoisotopic (exact) mass is 439 g/mol. The molecule has 1 aromatic heterocycles. The summed E-state index contributed by atoms with van der Waals surface area (Å²) in [4.78, 5) is 19.5.